The number of nitrogens with one attached hydrogen (secondary N) is 1. The van der Waals surface area contributed by atoms with Crippen LogP contribution in [0.4, 0.5) is 4.79 Å². The van der Waals surface area contributed by atoms with Gasteiger partial charge in [-0.2, -0.15) is 5.10 Å². The van der Waals surface area contributed by atoms with Crippen LogP contribution in [0.15, 0.2) is 30.3 Å². The van der Waals surface area contributed by atoms with E-state index in [1.807, 2.05) is 30.3 Å². The van der Waals surface area contributed by atoms with Gasteiger partial charge in [0.2, 0.25) is 0 Å². The number of benzene rings is 1. The van der Waals surface area contributed by atoms with Gasteiger partial charge in [0.05, 0.1) is 17.1 Å². The van der Waals surface area contributed by atoms with Gasteiger partial charge in [-0.15, -0.1) is 0 Å². The Morgan fingerprint density at radius 2 is 1.92 bits per heavy atom. The summed E-state index contributed by atoms with van der Waals surface area (Å²) >= 11 is 0. The Balaban J connectivity index is 1.79. The number of hydrogen-bond acceptors (Lipinski definition) is 5. The molecule has 1 N–H and O–H groups in total. The zero-order valence-electron chi connectivity index (χ0n) is 14.9. The smallest absolute Gasteiger partial charge is 0.342 e. The van der Waals surface area contributed by atoms with E-state index in [1.54, 1.807) is 18.5 Å². The molecule has 8 nitrogen and oxygen atoms in total. The summed E-state index contributed by atoms with van der Waals surface area (Å²) in [4.78, 5) is 37.5. The van der Waals surface area contributed by atoms with Crippen molar-refractivity contribution >= 4 is 17.9 Å². The molecular weight excluding hydrogens is 336 g/mol. The molecule has 26 heavy (non-hydrogen) atoms. The monoisotopic (exact) mass is 356 g/mol. The number of esters is 1. The van der Waals surface area contributed by atoms with Crippen LogP contribution >= 0.6 is 0 Å². The molecule has 0 bridgehead atoms. The third kappa shape index (κ3) is 3.17. The predicted molar refractivity (Wildman–Crippen MR) is 93.0 cm³/mol. The number of nitrogens with zero attached hydrogens (tertiary/aromatic N) is 3. The number of aromatic nitrogens is 2. The van der Waals surface area contributed by atoms with Crippen LogP contribution in [-0.4, -0.2) is 51.8 Å². The van der Waals surface area contributed by atoms with Crippen LogP contribution < -0.4 is 5.32 Å². The molecule has 0 unspecified atom stereocenters. The number of imide groups is 1. The maximum Gasteiger partial charge on any atom is 0.342 e. The number of carbonyl (C=O) groups excluding carboxylic acids is 3. The van der Waals surface area contributed by atoms with Gasteiger partial charge in [-0.1, -0.05) is 18.2 Å². The minimum Gasteiger partial charge on any atom is -0.449 e. The number of carbonyl (C=O) groups is 3. The van der Waals surface area contributed by atoms with Gasteiger partial charge in [0.25, 0.3) is 5.91 Å². The maximum absolute atomic E-state index is 12.6. The molecule has 1 aromatic heterocycles. The zero-order valence-corrected chi connectivity index (χ0v) is 14.9. The molecule has 3 amide bonds. The summed E-state index contributed by atoms with van der Waals surface area (Å²) in [5, 5.41) is 6.94. The van der Waals surface area contributed by atoms with Crippen LogP contribution in [0.25, 0.3) is 5.69 Å². The molecule has 0 aliphatic carbocycles. The highest BCUT2D eigenvalue weighted by atomic mass is 16.5. The van der Waals surface area contributed by atoms with Crippen LogP contribution in [0.3, 0.4) is 0 Å². The number of ether oxygens (including phenoxy) is 1. The lowest BCUT2D eigenvalue weighted by molar-refractivity contribution is -0.136. The van der Waals surface area contributed by atoms with E-state index in [0.29, 0.717) is 23.5 Å². The number of urea groups is 1. The summed E-state index contributed by atoms with van der Waals surface area (Å²) in [5.74, 6) is -1.18. The van der Waals surface area contributed by atoms with Crippen molar-refractivity contribution in [1.82, 2.24) is 20.0 Å². The van der Waals surface area contributed by atoms with Crippen molar-refractivity contribution < 1.29 is 19.1 Å². The number of rotatable bonds is 4. The molecule has 8 heteroatoms. The first-order valence-corrected chi connectivity index (χ1v) is 8.32. The molecular formula is C18H20N4O4. The molecule has 3 rings (SSSR count). The Bertz CT molecular complexity index is 860. The van der Waals surface area contributed by atoms with Crippen molar-refractivity contribution in [3.8, 4) is 5.69 Å². The summed E-state index contributed by atoms with van der Waals surface area (Å²) < 4.78 is 6.97. The molecule has 1 aliphatic heterocycles. The fourth-order valence-electron chi connectivity index (χ4n) is 2.93. The van der Waals surface area contributed by atoms with Gasteiger partial charge < -0.3 is 10.1 Å². The lowest BCUT2D eigenvalue weighted by Crippen LogP contribution is -2.41. The summed E-state index contributed by atoms with van der Waals surface area (Å²) in [5.41, 5.74) is 2.27. The normalized spacial score (nSPS) is 14.9. The van der Waals surface area contributed by atoms with E-state index in [9.17, 15) is 14.4 Å². The Hall–Kier alpha value is -3.16. The van der Waals surface area contributed by atoms with Crippen LogP contribution in [0.1, 0.15) is 28.7 Å². The Morgan fingerprint density at radius 1 is 1.23 bits per heavy atom. The van der Waals surface area contributed by atoms with Crippen LogP contribution in [0.5, 0.6) is 0 Å². The maximum atomic E-state index is 12.6. The number of para-hydroxylation sites is 1. The van der Waals surface area contributed by atoms with Crippen molar-refractivity contribution in [3.05, 3.63) is 47.3 Å². The quantitative estimate of drug-likeness (QED) is 0.840. The molecule has 136 valence electrons. The summed E-state index contributed by atoms with van der Waals surface area (Å²) in [6.45, 7) is 5.60. The van der Waals surface area contributed by atoms with Crippen molar-refractivity contribution in [2.24, 2.45) is 0 Å². The molecule has 2 aromatic rings. The largest absolute Gasteiger partial charge is 0.449 e. The van der Waals surface area contributed by atoms with Gasteiger partial charge in [0.1, 0.15) is 5.56 Å². The molecule has 1 aromatic carbocycles. The summed E-state index contributed by atoms with van der Waals surface area (Å²) in [7, 11) is 0. The summed E-state index contributed by atoms with van der Waals surface area (Å²) in [6, 6.07) is 8.95. The Morgan fingerprint density at radius 3 is 2.54 bits per heavy atom. The van der Waals surface area contributed by atoms with E-state index in [1.165, 1.54) is 6.92 Å². The lowest BCUT2D eigenvalue weighted by atomic mass is 10.2. The van der Waals surface area contributed by atoms with E-state index < -0.39 is 24.0 Å². The standard InChI is InChI=1S/C18H20N4O4/c1-11-15(12(2)22(20-11)14-7-5-4-6-8-14)17(24)26-13(3)16(23)21-10-9-19-18(21)25/h4-8,13H,9-10H2,1-3H3,(H,19,25)/t13-/m1/s1. The molecule has 2 heterocycles. The van der Waals surface area contributed by atoms with Crippen molar-refractivity contribution in [2.45, 2.75) is 26.9 Å². The van der Waals surface area contributed by atoms with E-state index >= 15 is 0 Å². The van der Waals surface area contributed by atoms with Gasteiger partial charge in [-0.3, -0.25) is 9.69 Å². The number of aryl methyl sites for hydroxylation is 1. The lowest BCUT2D eigenvalue weighted by Gasteiger charge is -2.18. The molecule has 1 fully saturated rings. The number of hydrogen-bond donors (Lipinski definition) is 1. The minimum atomic E-state index is -1.06. The van der Waals surface area contributed by atoms with Gasteiger partial charge in [-0.25, -0.2) is 14.3 Å². The first-order valence-electron chi connectivity index (χ1n) is 8.32. The topological polar surface area (TPSA) is 93.5 Å². The predicted octanol–water partition coefficient (Wildman–Crippen LogP) is 1.59. The van der Waals surface area contributed by atoms with E-state index in [-0.39, 0.29) is 6.54 Å². The highest BCUT2D eigenvalue weighted by Gasteiger charge is 2.32. The van der Waals surface area contributed by atoms with Crippen LogP contribution in [-0.2, 0) is 9.53 Å². The second-order valence-electron chi connectivity index (χ2n) is 6.06. The van der Waals surface area contributed by atoms with Crippen LogP contribution in [0, 0.1) is 13.8 Å². The number of amides is 3. The van der Waals surface area contributed by atoms with Crippen molar-refractivity contribution in [3.63, 3.8) is 0 Å². The van der Waals surface area contributed by atoms with Gasteiger partial charge in [0.15, 0.2) is 6.10 Å². The molecule has 0 radical (unpaired) electrons. The van der Waals surface area contributed by atoms with Gasteiger partial charge in [-0.05, 0) is 32.9 Å². The van der Waals surface area contributed by atoms with Crippen molar-refractivity contribution in [1.29, 1.82) is 0 Å². The molecule has 1 atom stereocenters. The minimum absolute atomic E-state index is 0.267. The molecule has 0 saturated carbocycles. The highest BCUT2D eigenvalue weighted by molar-refractivity contribution is 6.00. The van der Waals surface area contributed by atoms with Gasteiger partial charge >= 0.3 is 12.0 Å². The average Bonchev–Trinajstić information content (AvgIpc) is 3.17. The Labute approximate surface area is 150 Å². The summed E-state index contributed by atoms with van der Waals surface area (Å²) in [6.07, 6.45) is -1.06. The van der Waals surface area contributed by atoms with Crippen molar-refractivity contribution in [2.75, 3.05) is 13.1 Å². The SMILES string of the molecule is Cc1nn(-c2ccccc2)c(C)c1C(=O)O[C@H](C)C(=O)N1CCNC1=O. The van der Waals surface area contributed by atoms with E-state index in [2.05, 4.69) is 10.4 Å². The fourth-order valence-corrected chi connectivity index (χ4v) is 2.93. The first kappa shape index (κ1) is 17.7. The van der Waals surface area contributed by atoms with Gasteiger partial charge in [0, 0.05) is 13.1 Å². The second kappa shape index (κ2) is 6.99. The third-order valence-corrected chi connectivity index (χ3v) is 4.25. The fraction of sp³-hybridized carbons (Fsp3) is 0.333. The van der Waals surface area contributed by atoms with E-state index in [4.69, 9.17) is 4.74 Å². The third-order valence-electron chi connectivity index (χ3n) is 4.25. The van der Waals surface area contributed by atoms with E-state index in [0.717, 1.165) is 10.6 Å². The zero-order chi connectivity index (χ0) is 18.8. The van der Waals surface area contributed by atoms with Crippen LogP contribution in [0.2, 0.25) is 0 Å². The average molecular weight is 356 g/mol. The second-order valence-corrected chi connectivity index (χ2v) is 6.06. The Kier molecular flexibility index (Phi) is 4.75. The molecule has 1 aliphatic rings. The highest BCUT2D eigenvalue weighted by Crippen LogP contribution is 2.19. The molecule has 0 spiro atoms. The molecule has 1 saturated heterocycles. The first-order chi connectivity index (χ1) is 12.4.